The molecule has 2 aliphatic heterocycles. The molecule has 1 fully saturated rings. The lowest BCUT2D eigenvalue weighted by Gasteiger charge is -2.27. The fraction of sp³-hybridized carbons (Fsp3) is 0.318. The van der Waals surface area contributed by atoms with Crippen LogP contribution in [0.2, 0.25) is 0 Å². The maximum absolute atomic E-state index is 14.0. The van der Waals surface area contributed by atoms with Crippen LogP contribution in [-0.4, -0.2) is 43.3 Å². The first-order valence-electron chi connectivity index (χ1n) is 9.54. The summed E-state index contributed by atoms with van der Waals surface area (Å²) < 4.78 is 25.3. The monoisotopic (exact) mass is 382 g/mol. The fourth-order valence-corrected chi connectivity index (χ4v) is 3.47. The minimum Gasteiger partial charge on any atom is -0.486 e. The van der Waals surface area contributed by atoms with E-state index in [0.717, 1.165) is 12.0 Å². The van der Waals surface area contributed by atoms with Crippen molar-refractivity contribution < 1.29 is 18.7 Å². The highest BCUT2D eigenvalue weighted by Gasteiger charge is 2.22. The Labute approximate surface area is 163 Å². The van der Waals surface area contributed by atoms with Crippen molar-refractivity contribution in [1.82, 2.24) is 4.90 Å². The number of ether oxygens (including phenoxy) is 2. The van der Waals surface area contributed by atoms with Crippen LogP contribution in [0.5, 0.6) is 5.75 Å². The lowest BCUT2D eigenvalue weighted by Crippen LogP contribution is -2.38. The lowest BCUT2D eigenvalue weighted by atomic mass is 9.99. The summed E-state index contributed by atoms with van der Waals surface area (Å²) in [7, 11) is 0. The van der Waals surface area contributed by atoms with Crippen LogP contribution in [0.3, 0.4) is 0 Å². The zero-order valence-electron chi connectivity index (χ0n) is 15.6. The minimum atomic E-state index is -0.228. The molecule has 2 heterocycles. The number of nitrogens with zero attached hydrogens (tertiary/aromatic N) is 1. The number of carbonyl (C=O) groups excluding carboxylic acids is 1. The number of amides is 2. The summed E-state index contributed by atoms with van der Waals surface area (Å²) in [4.78, 5) is 14.4. The lowest BCUT2D eigenvalue weighted by molar-refractivity contribution is 0.142. The number of benzene rings is 2. The van der Waals surface area contributed by atoms with Crippen LogP contribution in [0, 0.1) is 5.82 Å². The summed E-state index contributed by atoms with van der Waals surface area (Å²) in [6, 6.07) is 14.0. The Morgan fingerprint density at radius 3 is 2.75 bits per heavy atom. The summed E-state index contributed by atoms with van der Waals surface area (Å²) in [5.41, 5.74) is 2.19. The van der Waals surface area contributed by atoms with Crippen LogP contribution in [0.4, 0.5) is 14.9 Å². The van der Waals surface area contributed by atoms with Crippen molar-refractivity contribution >= 4 is 17.3 Å². The first-order valence-corrected chi connectivity index (χ1v) is 9.54. The molecule has 1 saturated heterocycles. The van der Waals surface area contributed by atoms with Crippen molar-refractivity contribution in [3.8, 4) is 5.75 Å². The molecule has 28 heavy (non-hydrogen) atoms. The van der Waals surface area contributed by atoms with Crippen LogP contribution in [0.1, 0.15) is 18.4 Å². The van der Waals surface area contributed by atoms with Crippen molar-refractivity contribution in [2.75, 3.05) is 31.6 Å². The number of hydrogen-bond donors (Lipinski definition) is 1. The molecule has 0 aliphatic carbocycles. The van der Waals surface area contributed by atoms with Gasteiger partial charge in [-0.25, -0.2) is 9.18 Å². The first-order chi connectivity index (χ1) is 13.7. The van der Waals surface area contributed by atoms with Crippen LogP contribution in [0.25, 0.3) is 5.57 Å². The molecular formula is C22H23FN2O3. The summed E-state index contributed by atoms with van der Waals surface area (Å²) in [5.74, 6) is 0.416. The molecule has 2 aliphatic rings. The Hall–Kier alpha value is -2.86. The van der Waals surface area contributed by atoms with E-state index >= 15 is 0 Å². The quantitative estimate of drug-likeness (QED) is 0.857. The molecule has 146 valence electrons. The van der Waals surface area contributed by atoms with E-state index in [9.17, 15) is 9.18 Å². The van der Waals surface area contributed by atoms with Crippen LogP contribution in [0.15, 0.2) is 54.6 Å². The third-order valence-corrected chi connectivity index (χ3v) is 5.03. The molecule has 1 N–H and O–H groups in total. The SMILES string of the molecule is O=C(Nc1ccccc1O[C@@H]1CCOC1)N1CC=C(c2ccccc2F)CC1. The van der Waals surface area contributed by atoms with Gasteiger partial charge in [0.15, 0.2) is 0 Å². The molecule has 2 aromatic rings. The van der Waals surface area contributed by atoms with E-state index in [2.05, 4.69) is 5.32 Å². The summed E-state index contributed by atoms with van der Waals surface area (Å²) in [6.07, 6.45) is 3.39. The molecule has 0 unspecified atom stereocenters. The van der Waals surface area contributed by atoms with Gasteiger partial charge in [0.25, 0.3) is 0 Å². The molecule has 0 bridgehead atoms. The van der Waals surface area contributed by atoms with Gasteiger partial charge in [0.1, 0.15) is 17.7 Å². The second-order valence-corrected chi connectivity index (χ2v) is 6.93. The summed E-state index contributed by atoms with van der Waals surface area (Å²) in [6.45, 7) is 2.24. The van der Waals surface area contributed by atoms with Gasteiger partial charge in [-0.2, -0.15) is 0 Å². The summed E-state index contributed by atoms with van der Waals surface area (Å²) >= 11 is 0. The van der Waals surface area contributed by atoms with Gasteiger partial charge in [0, 0.05) is 25.1 Å². The van der Waals surface area contributed by atoms with Crippen molar-refractivity contribution in [1.29, 1.82) is 0 Å². The maximum Gasteiger partial charge on any atom is 0.322 e. The number of para-hydroxylation sites is 2. The van der Waals surface area contributed by atoms with Gasteiger partial charge in [-0.3, -0.25) is 0 Å². The maximum atomic E-state index is 14.0. The second-order valence-electron chi connectivity index (χ2n) is 6.93. The van der Waals surface area contributed by atoms with E-state index in [-0.39, 0.29) is 18.0 Å². The largest absolute Gasteiger partial charge is 0.486 e. The van der Waals surface area contributed by atoms with Crippen LogP contribution >= 0.6 is 0 Å². The molecule has 0 radical (unpaired) electrons. The highest BCUT2D eigenvalue weighted by atomic mass is 19.1. The zero-order chi connectivity index (χ0) is 19.3. The third-order valence-electron chi connectivity index (χ3n) is 5.03. The Morgan fingerprint density at radius 1 is 1.18 bits per heavy atom. The van der Waals surface area contributed by atoms with E-state index in [0.29, 0.717) is 49.7 Å². The molecule has 5 nitrogen and oxygen atoms in total. The van der Waals surface area contributed by atoms with Gasteiger partial charge in [0.05, 0.1) is 18.9 Å². The molecule has 0 aromatic heterocycles. The van der Waals surface area contributed by atoms with Gasteiger partial charge in [-0.1, -0.05) is 36.4 Å². The van der Waals surface area contributed by atoms with E-state index in [4.69, 9.17) is 9.47 Å². The minimum absolute atomic E-state index is 0.0132. The van der Waals surface area contributed by atoms with Crippen LogP contribution < -0.4 is 10.1 Å². The number of anilines is 1. The average Bonchev–Trinajstić information content (AvgIpc) is 3.23. The van der Waals surface area contributed by atoms with Gasteiger partial charge < -0.3 is 19.7 Å². The van der Waals surface area contributed by atoms with Crippen molar-refractivity contribution in [3.63, 3.8) is 0 Å². The average molecular weight is 382 g/mol. The van der Waals surface area contributed by atoms with Crippen molar-refractivity contribution in [2.45, 2.75) is 18.9 Å². The molecule has 0 saturated carbocycles. The summed E-state index contributed by atoms with van der Waals surface area (Å²) in [5, 5.41) is 2.94. The number of rotatable bonds is 4. The molecular weight excluding hydrogens is 359 g/mol. The topological polar surface area (TPSA) is 50.8 Å². The van der Waals surface area contributed by atoms with E-state index in [1.54, 1.807) is 17.0 Å². The predicted octanol–water partition coefficient (Wildman–Crippen LogP) is 4.31. The van der Waals surface area contributed by atoms with Gasteiger partial charge in [-0.05, 0) is 30.2 Å². The number of urea groups is 1. The first kappa shape index (κ1) is 18.5. The second kappa shape index (κ2) is 8.44. The number of nitrogens with one attached hydrogen (secondary N) is 1. The molecule has 2 amide bonds. The fourth-order valence-electron chi connectivity index (χ4n) is 3.47. The molecule has 4 rings (SSSR count). The van der Waals surface area contributed by atoms with Crippen molar-refractivity contribution in [2.24, 2.45) is 0 Å². The van der Waals surface area contributed by atoms with Gasteiger partial charge in [-0.15, -0.1) is 0 Å². The van der Waals surface area contributed by atoms with Gasteiger partial charge >= 0.3 is 6.03 Å². The zero-order valence-corrected chi connectivity index (χ0v) is 15.6. The standard InChI is InChI=1S/C22H23FN2O3/c23-19-6-2-1-5-18(19)16-9-12-25(13-10-16)22(26)24-20-7-3-4-8-21(20)28-17-11-14-27-15-17/h1-9,17H,10-15H2,(H,24,26)/t17-/m1/s1. The molecule has 1 atom stereocenters. The number of carbonyl (C=O) groups is 1. The Kier molecular flexibility index (Phi) is 5.58. The molecule has 0 spiro atoms. The third kappa shape index (κ3) is 4.17. The van der Waals surface area contributed by atoms with E-state index in [1.165, 1.54) is 6.07 Å². The number of hydrogen-bond acceptors (Lipinski definition) is 3. The molecule has 6 heteroatoms. The van der Waals surface area contributed by atoms with E-state index < -0.39 is 0 Å². The molecule has 2 aromatic carbocycles. The van der Waals surface area contributed by atoms with E-state index in [1.807, 2.05) is 36.4 Å². The van der Waals surface area contributed by atoms with Crippen LogP contribution in [-0.2, 0) is 4.74 Å². The highest BCUT2D eigenvalue weighted by Crippen LogP contribution is 2.28. The smallest absolute Gasteiger partial charge is 0.322 e. The predicted molar refractivity (Wildman–Crippen MR) is 106 cm³/mol. The Balaban J connectivity index is 1.40. The number of halogens is 1. The highest BCUT2D eigenvalue weighted by molar-refractivity contribution is 5.91. The van der Waals surface area contributed by atoms with Gasteiger partial charge in [0.2, 0.25) is 0 Å². The Bertz CT molecular complexity index is 878. The van der Waals surface area contributed by atoms with Crippen molar-refractivity contribution in [3.05, 3.63) is 66.0 Å². The normalized spacial score (nSPS) is 19.2. The Morgan fingerprint density at radius 2 is 2.00 bits per heavy atom.